The molecule has 29 heavy (non-hydrogen) atoms. The first-order valence-electron chi connectivity index (χ1n) is 10.4. The van der Waals surface area contributed by atoms with Crippen LogP contribution in [0, 0.1) is 27.7 Å². The third kappa shape index (κ3) is 3.35. The summed E-state index contributed by atoms with van der Waals surface area (Å²) in [4.78, 5) is 13.1. The number of rotatable bonds is 3. The predicted octanol–water partition coefficient (Wildman–Crippen LogP) is 6.42. The third-order valence-corrected chi connectivity index (χ3v) is 5.51. The summed E-state index contributed by atoms with van der Waals surface area (Å²) in [6.45, 7) is 12.1. The molecule has 1 N–H and O–H groups in total. The number of hydrogen-bond donors (Lipinski definition) is 1. The number of nitrogens with one attached hydrogen (secondary N) is 1. The molecular weight excluding hydrogens is 360 g/mol. The highest BCUT2D eigenvalue weighted by atomic mass is 16.5. The van der Waals surface area contributed by atoms with Crippen molar-refractivity contribution >= 4 is 11.0 Å². The van der Waals surface area contributed by atoms with Gasteiger partial charge in [0.15, 0.2) is 0 Å². The summed E-state index contributed by atoms with van der Waals surface area (Å²) in [6.07, 6.45) is 4.30. The zero-order valence-electron chi connectivity index (χ0n) is 18.1. The van der Waals surface area contributed by atoms with Crippen LogP contribution in [0.25, 0.3) is 33.3 Å². The molecule has 3 aromatic heterocycles. The molecule has 1 fully saturated rings. The normalized spacial score (nSPS) is 13.4. The second-order valence-corrected chi connectivity index (χ2v) is 7.60. The number of benzene rings is 1. The first-order valence-corrected chi connectivity index (χ1v) is 10.4. The van der Waals surface area contributed by atoms with Crippen LogP contribution in [0.4, 0.5) is 0 Å². The molecule has 0 radical (unpaired) electrons. The number of fused-ring (bicyclic) bond motifs is 1. The lowest BCUT2D eigenvalue weighted by molar-refractivity contribution is 0.393. The molecule has 0 unspecified atom stereocenters. The molecule has 5 rings (SSSR count). The van der Waals surface area contributed by atoms with E-state index < -0.39 is 0 Å². The van der Waals surface area contributed by atoms with Gasteiger partial charge < -0.3 is 9.51 Å². The van der Waals surface area contributed by atoms with Gasteiger partial charge in [-0.15, -0.1) is 0 Å². The Hall–Kier alpha value is -2.95. The minimum atomic E-state index is 0.573. The van der Waals surface area contributed by atoms with Gasteiger partial charge >= 0.3 is 0 Å². The van der Waals surface area contributed by atoms with E-state index in [0.29, 0.717) is 5.92 Å². The fourth-order valence-electron chi connectivity index (χ4n) is 4.02. The minimum absolute atomic E-state index is 0.573. The summed E-state index contributed by atoms with van der Waals surface area (Å²) in [5.74, 6) is 2.50. The van der Waals surface area contributed by atoms with Gasteiger partial charge in [-0.25, -0.2) is 4.98 Å². The number of nitrogens with zero attached hydrogens (tertiary/aromatic N) is 3. The first-order chi connectivity index (χ1) is 14.0. The molecule has 3 heterocycles. The van der Waals surface area contributed by atoms with Gasteiger partial charge in [-0.2, -0.15) is 0 Å². The van der Waals surface area contributed by atoms with Crippen molar-refractivity contribution in [3.63, 3.8) is 0 Å². The molecule has 1 aromatic carbocycles. The van der Waals surface area contributed by atoms with Crippen LogP contribution in [-0.2, 0) is 0 Å². The fourth-order valence-corrected chi connectivity index (χ4v) is 4.02. The van der Waals surface area contributed by atoms with Gasteiger partial charge in [-0.1, -0.05) is 19.0 Å². The van der Waals surface area contributed by atoms with Gasteiger partial charge in [-0.3, -0.25) is 4.98 Å². The van der Waals surface area contributed by atoms with Crippen molar-refractivity contribution in [1.82, 2.24) is 20.1 Å². The predicted molar refractivity (Wildman–Crippen MR) is 117 cm³/mol. The monoisotopic (exact) mass is 388 g/mol. The number of aryl methyl sites for hydroxylation is 4. The Balaban J connectivity index is 0.000000994. The van der Waals surface area contributed by atoms with E-state index in [2.05, 4.69) is 47.2 Å². The molecule has 0 bridgehead atoms. The maximum atomic E-state index is 5.42. The summed E-state index contributed by atoms with van der Waals surface area (Å²) in [5, 5.41) is 4.14. The number of aromatic nitrogens is 4. The summed E-state index contributed by atoms with van der Waals surface area (Å²) >= 11 is 0. The Bertz CT molecular complexity index is 1140. The Labute approximate surface area is 171 Å². The fraction of sp³-hybridized carbons (Fsp3) is 0.375. The van der Waals surface area contributed by atoms with E-state index in [1.54, 1.807) is 0 Å². The summed E-state index contributed by atoms with van der Waals surface area (Å²) < 4.78 is 5.42. The smallest absolute Gasteiger partial charge is 0.141 e. The SMILES string of the molecule is CC.Cc1ccnc(C)c1-c1cc(-c2c(C)noc2C)cc2[nH]c(C3CC3)nc12. The van der Waals surface area contributed by atoms with Crippen LogP contribution in [0.15, 0.2) is 28.9 Å². The third-order valence-electron chi connectivity index (χ3n) is 5.51. The van der Waals surface area contributed by atoms with Gasteiger partial charge in [0, 0.05) is 34.5 Å². The van der Waals surface area contributed by atoms with Gasteiger partial charge in [0.25, 0.3) is 0 Å². The molecule has 0 spiro atoms. The summed E-state index contributed by atoms with van der Waals surface area (Å²) in [6, 6.07) is 6.44. The average molecular weight is 389 g/mol. The second kappa shape index (κ2) is 7.47. The van der Waals surface area contributed by atoms with Crippen LogP contribution in [0.3, 0.4) is 0 Å². The Kier molecular flexibility index (Phi) is 4.99. The highest BCUT2D eigenvalue weighted by Crippen LogP contribution is 2.42. The Morgan fingerprint density at radius 2 is 1.76 bits per heavy atom. The Morgan fingerprint density at radius 1 is 1.00 bits per heavy atom. The number of aromatic amines is 1. The lowest BCUT2D eigenvalue weighted by atomic mass is 9.94. The standard InChI is InChI=1S/C22H22N4O.C2H6/c1-11-7-8-23-12(2)19(11)17-9-16(20-13(3)26-27-14(20)4)10-18-21(17)25-22(24-18)15-5-6-15;1-2/h7-10,15H,5-6H2,1-4H3,(H,24,25);1-2H3. The number of H-pyrrole nitrogens is 1. The maximum absolute atomic E-state index is 5.42. The van der Waals surface area contributed by atoms with Crippen LogP contribution in [0.5, 0.6) is 0 Å². The van der Waals surface area contributed by atoms with Crippen molar-refractivity contribution in [1.29, 1.82) is 0 Å². The Morgan fingerprint density at radius 3 is 2.38 bits per heavy atom. The second-order valence-electron chi connectivity index (χ2n) is 7.60. The van der Waals surface area contributed by atoms with Gasteiger partial charge in [0.1, 0.15) is 11.6 Å². The van der Waals surface area contributed by atoms with E-state index in [1.807, 2.05) is 33.9 Å². The van der Waals surface area contributed by atoms with E-state index in [4.69, 9.17) is 9.51 Å². The number of imidazole rings is 1. The molecule has 5 heteroatoms. The van der Waals surface area contributed by atoms with E-state index in [0.717, 1.165) is 56.3 Å². The molecule has 0 aliphatic heterocycles. The highest BCUT2D eigenvalue weighted by molar-refractivity contribution is 5.97. The lowest BCUT2D eigenvalue weighted by Crippen LogP contribution is -1.94. The summed E-state index contributed by atoms with van der Waals surface area (Å²) in [5.41, 5.74) is 9.64. The molecule has 1 saturated carbocycles. The maximum Gasteiger partial charge on any atom is 0.141 e. The minimum Gasteiger partial charge on any atom is -0.361 e. The topological polar surface area (TPSA) is 67.6 Å². The van der Waals surface area contributed by atoms with Crippen LogP contribution in [0.2, 0.25) is 0 Å². The van der Waals surface area contributed by atoms with E-state index >= 15 is 0 Å². The van der Waals surface area contributed by atoms with Crippen molar-refractivity contribution in [2.45, 2.75) is 60.3 Å². The largest absolute Gasteiger partial charge is 0.361 e. The highest BCUT2D eigenvalue weighted by Gasteiger charge is 2.28. The van der Waals surface area contributed by atoms with Crippen molar-refractivity contribution in [2.24, 2.45) is 0 Å². The summed E-state index contributed by atoms with van der Waals surface area (Å²) in [7, 11) is 0. The van der Waals surface area contributed by atoms with E-state index in [1.165, 1.54) is 18.4 Å². The zero-order chi connectivity index (χ0) is 20.7. The van der Waals surface area contributed by atoms with Gasteiger partial charge in [0.2, 0.25) is 0 Å². The van der Waals surface area contributed by atoms with Crippen molar-refractivity contribution < 1.29 is 4.52 Å². The molecule has 1 aliphatic carbocycles. The number of pyridine rings is 1. The average Bonchev–Trinajstić information content (AvgIpc) is 3.38. The molecule has 5 nitrogen and oxygen atoms in total. The molecule has 4 aromatic rings. The zero-order valence-corrected chi connectivity index (χ0v) is 18.1. The molecule has 0 saturated heterocycles. The van der Waals surface area contributed by atoms with Crippen molar-refractivity contribution in [3.05, 3.63) is 52.9 Å². The molecule has 150 valence electrons. The molecule has 0 atom stereocenters. The van der Waals surface area contributed by atoms with Gasteiger partial charge in [-0.05, 0) is 69.9 Å². The van der Waals surface area contributed by atoms with E-state index in [9.17, 15) is 0 Å². The van der Waals surface area contributed by atoms with Crippen LogP contribution < -0.4 is 0 Å². The van der Waals surface area contributed by atoms with Crippen LogP contribution >= 0.6 is 0 Å². The van der Waals surface area contributed by atoms with Crippen LogP contribution in [0.1, 0.15) is 61.1 Å². The molecule has 1 aliphatic rings. The molecular formula is C24H28N4O. The lowest BCUT2D eigenvalue weighted by Gasteiger charge is -2.12. The van der Waals surface area contributed by atoms with Crippen molar-refractivity contribution in [2.75, 3.05) is 0 Å². The van der Waals surface area contributed by atoms with Crippen molar-refractivity contribution in [3.8, 4) is 22.3 Å². The van der Waals surface area contributed by atoms with Gasteiger partial charge in [0.05, 0.1) is 16.7 Å². The quantitative estimate of drug-likeness (QED) is 0.440. The first kappa shape index (κ1) is 19.4. The van der Waals surface area contributed by atoms with Crippen LogP contribution in [-0.4, -0.2) is 20.1 Å². The van der Waals surface area contributed by atoms with E-state index in [-0.39, 0.29) is 0 Å². The molecule has 0 amide bonds. The number of hydrogen-bond acceptors (Lipinski definition) is 4.